The molecule has 158 valence electrons. The Morgan fingerprint density at radius 1 is 1.00 bits per heavy atom. The molecule has 0 saturated carbocycles. The van der Waals surface area contributed by atoms with Gasteiger partial charge in [-0.3, -0.25) is 4.79 Å². The van der Waals surface area contributed by atoms with Gasteiger partial charge in [0.05, 0.1) is 12.7 Å². The summed E-state index contributed by atoms with van der Waals surface area (Å²) in [5.74, 6) is 2.18. The molecule has 0 unspecified atom stereocenters. The number of aryl methyl sites for hydroxylation is 1. The summed E-state index contributed by atoms with van der Waals surface area (Å²) < 4.78 is 17.1. The van der Waals surface area contributed by atoms with Crippen molar-refractivity contribution in [2.45, 2.75) is 13.5 Å². The van der Waals surface area contributed by atoms with E-state index in [1.165, 1.54) is 0 Å². The van der Waals surface area contributed by atoms with Crippen LogP contribution in [0.25, 0.3) is 6.08 Å². The largest absolute Gasteiger partial charge is 0.497 e. The second kappa shape index (κ2) is 8.56. The molecule has 1 aliphatic rings. The lowest BCUT2D eigenvalue weighted by atomic mass is 10.0. The number of ether oxygens (including phenoxy) is 3. The Labute approximate surface area is 182 Å². The number of carbonyl (C=O) groups excluding carboxylic acids is 1. The van der Waals surface area contributed by atoms with E-state index < -0.39 is 0 Å². The average Bonchev–Trinajstić information content (AvgIpc) is 3.08. The molecule has 0 radical (unpaired) electrons. The van der Waals surface area contributed by atoms with Crippen molar-refractivity contribution in [2.75, 3.05) is 26.1 Å². The van der Waals surface area contributed by atoms with E-state index in [1.54, 1.807) is 19.3 Å². The Morgan fingerprint density at radius 2 is 1.77 bits per heavy atom. The van der Waals surface area contributed by atoms with Crippen LogP contribution in [0.5, 0.6) is 17.2 Å². The van der Waals surface area contributed by atoms with Crippen LogP contribution < -0.4 is 19.1 Å². The summed E-state index contributed by atoms with van der Waals surface area (Å²) in [6, 6.07) is 19.3. The first-order valence-electron chi connectivity index (χ1n) is 10.1. The van der Waals surface area contributed by atoms with Crippen LogP contribution in [0.3, 0.4) is 0 Å². The molecule has 0 spiro atoms. The summed E-state index contributed by atoms with van der Waals surface area (Å²) in [5.41, 5.74) is 4.42. The van der Waals surface area contributed by atoms with Crippen LogP contribution in [0.2, 0.25) is 0 Å². The minimum absolute atomic E-state index is 0.108. The van der Waals surface area contributed by atoms with E-state index >= 15 is 0 Å². The first kappa shape index (κ1) is 20.5. The van der Waals surface area contributed by atoms with Gasteiger partial charge in [0.2, 0.25) is 5.78 Å². The van der Waals surface area contributed by atoms with E-state index in [4.69, 9.17) is 14.2 Å². The molecule has 3 aromatic rings. The van der Waals surface area contributed by atoms with Gasteiger partial charge in [-0.2, -0.15) is 0 Å². The Bertz CT molecular complexity index is 1150. The fourth-order valence-electron chi connectivity index (χ4n) is 3.51. The monoisotopic (exact) mass is 415 g/mol. The molecule has 4 rings (SSSR count). The molecule has 0 amide bonds. The zero-order valence-corrected chi connectivity index (χ0v) is 18.1. The maximum Gasteiger partial charge on any atom is 0.232 e. The van der Waals surface area contributed by atoms with Crippen LogP contribution in [0, 0.1) is 6.92 Å². The summed E-state index contributed by atoms with van der Waals surface area (Å²) in [5, 5.41) is 0. The predicted octanol–water partition coefficient (Wildman–Crippen LogP) is 5.26. The smallest absolute Gasteiger partial charge is 0.232 e. The van der Waals surface area contributed by atoms with Gasteiger partial charge < -0.3 is 19.1 Å². The van der Waals surface area contributed by atoms with Crippen LogP contribution in [-0.2, 0) is 6.61 Å². The molecule has 5 nitrogen and oxygen atoms in total. The van der Waals surface area contributed by atoms with E-state index in [9.17, 15) is 4.79 Å². The van der Waals surface area contributed by atoms with Crippen LogP contribution in [0.15, 0.2) is 66.4 Å². The normalized spacial score (nSPS) is 13.7. The maximum absolute atomic E-state index is 12.9. The second-order valence-corrected chi connectivity index (χ2v) is 7.68. The van der Waals surface area contributed by atoms with E-state index in [-0.39, 0.29) is 5.78 Å². The van der Waals surface area contributed by atoms with Crippen molar-refractivity contribution >= 4 is 17.5 Å². The molecule has 0 fully saturated rings. The highest BCUT2D eigenvalue weighted by Crippen LogP contribution is 2.37. The molecular weight excluding hydrogens is 390 g/mol. The molecule has 0 aliphatic carbocycles. The lowest BCUT2D eigenvalue weighted by Gasteiger charge is -2.11. The molecule has 5 heteroatoms. The van der Waals surface area contributed by atoms with Crippen molar-refractivity contribution in [3.8, 4) is 17.2 Å². The molecule has 3 aromatic carbocycles. The van der Waals surface area contributed by atoms with Gasteiger partial charge in [0.25, 0.3) is 0 Å². The average molecular weight is 415 g/mol. The first-order chi connectivity index (χ1) is 14.9. The number of hydrogen-bond acceptors (Lipinski definition) is 5. The summed E-state index contributed by atoms with van der Waals surface area (Å²) in [7, 11) is 5.62. The number of ketones is 1. The van der Waals surface area contributed by atoms with Crippen molar-refractivity contribution in [3.63, 3.8) is 0 Å². The maximum atomic E-state index is 12.9. The number of allylic oxidation sites excluding steroid dienone is 1. The molecule has 31 heavy (non-hydrogen) atoms. The molecule has 0 saturated heterocycles. The SMILES string of the molecule is COc1cccc(COc2cc(C)c3c(c2)O/C(=C\c2ccc(N(C)C)cc2)C3=O)c1. The predicted molar refractivity (Wildman–Crippen MR) is 122 cm³/mol. The number of fused-ring (bicyclic) bond motifs is 1. The van der Waals surface area contributed by atoms with Gasteiger partial charge in [0.15, 0.2) is 5.76 Å². The quantitative estimate of drug-likeness (QED) is 0.514. The molecule has 1 aliphatic heterocycles. The Hall–Kier alpha value is -3.73. The Balaban J connectivity index is 1.53. The third-order valence-corrected chi connectivity index (χ3v) is 5.19. The fourth-order valence-corrected chi connectivity index (χ4v) is 3.51. The highest BCUT2D eigenvalue weighted by molar-refractivity contribution is 6.15. The van der Waals surface area contributed by atoms with Crippen molar-refractivity contribution in [2.24, 2.45) is 0 Å². The van der Waals surface area contributed by atoms with E-state index in [2.05, 4.69) is 0 Å². The van der Waals surface area contributed by atoms with E-state index in [0.29, 0.717) is 29.4 Å². The number of nitrogens with zero attached hydrogens (tertiary/aromatic N) is 1. The van der Waals surface area contributed by atoms with Crippen LogP contribution in [0.1, 0.15) is 27.0 Å². The number of carbonyl (C=O) groups is 1. The van der Waals surface area contributed by atoms with Gasteiger partial charge in [-0.1, -0.05) is 24.3 Å². The minimum atomic E-state index is -0.108. The van der Waals surface area contributed by atoms with Crippen LogP contribution >= 0.6 is 0 Å². The third-order valence-electron chi connectivity index (χ3n) is 5.19. The first-order valence-corrected chi connectivity index (χ1v) is 10.1. The molecule has 0 N–H and O–H groups in total. The lowest BCUT2D eigenvalue weighted by molar-refractivity contribution is 0.101. The van der Waals surface area contributed by atoms with Gasteiger partial charge in [-0.05, 0) is 60.0 Å². The highest BCUT2D eigenvalue weighted by Gasteiger charge is 2.30. The van der Waals surface area contributed by atoms with Crippen molar-refractivity contribution in [1.82, 2.24) is 0 Å². The van der Waals surface area contributed by atoms with Gasteiger partial charge in [0, 0.05) is 25.8 Å². The minimum Gasteiger partial charge on any atom is -0.497 e. The van der Waals surface area contributed by atoms with Gasteiger partial charge in [-0.25, -0.2) is 0 Å². The zero-order chi connectivity index (χ0) is 22.0. The zero-order valence-electron chi connectivity index (χ0n) is 18.1. The summed E-state index contributed by atoms with van der Waals surface area (Å²) in [6.07, 6.45) is 1.78. The Morgan fingerprint density at radius 3 is 2.48 bits per heavy atom. The Kier molecular flexibility index (Phi) is 5.67. The lowest BCUT2D eigenvalue weighted by Crippen LogP contribution is -2.08. The van der Waals surface area contributed by atoms with Crippen molar-refractivity contribution in [3.05, 3.63) is 88.7 Å². The fraction of sp³-hybridized carbons (Fsp3) is 0.192. The number of hydrogen-bond donors (Lipinski definition) is 0. The van der Waals surface area contributed by atoms with E-state index in [0.717, 1.165) is 28.1 Å². The number of anilines is 1. The third kappa shape index (κ3) is 4.40. The van der Waals surface area contributed by atoms with Crippen molar-refractivity contribution < 1.29 is 19.0 Å². The van der Waals surface area contributed by atoms with Gasteiger partial charge in [0.1, 0.15) is 23.9 Å². The number of Topliss-reactive ketones (excluding diaryl/α,β-unsaturated/α-hetero) is 1. The molecular formula is C26H25NO4. The standard InChI is InChI=1S/C26H25NO4/c1-17-12-22(30-16-19-6-5-7-21(13-19)29-4)15-23-25(17)26(28)24(31-23)14-18-8-10-20(11-9-18)27(2)3/h5-15H,16H2,1-4H3/b24-14-. The van der Waals surface area contributed by atoms with E-state index in [1.807, 2.05) is 80.5 Å². The summed E-state index contributed by atoms with van der Waals surface area (Å²) in [4.78, 5) is 14.9. The molecule has 0 bridgehead atoms. The molecule has 0 aromatic heterocycles. The van der Waals surface area contributed by atoms with Crippen molar-refractivity contribution in [1.29, 1.82) is 0 Å². The summed E-state index contributed by atoms with van der Waals surface area (Å²) >= 11 is 0. The molecule has 1 heterocycles. The number of rotatable bonds is 6. The van der Waals surface area contributed by atoms with Crippen LogP contribution in [-0.4, -0.2) is 27.0 Å². The second-order valence-electron chi connectivity index (χ2n) is 7.68. The number of methoxy groups -OCH3 is 1. The highest BCUT2D eigenvalue weighted by atomic mass is 16.5. The summed E-state index contributed by atoms with van der Waals surface area (Å²) in [6.45, 7) is 2.29. The van der Waals surface area contributed by atoms with Crippen LogP contribution in [0.4, 0.5) is 5.69 Å². The number of benzene rings is 3. The van der Waals surface area contributed by atoms with Gasteiger partial charge >= 0.3 is 0 Å². The topological polar surface area (TPSA) is 48.0 Å². The van der Waals surface area contributed by atoms with Gasteiger partial charge in [-0.15, -0.1) is 0 Å². The molecule has 0 atom stereocenters.